The van der Waals surface area contributed by atoms with Crippen LogP contribution in [0.15, 0.2) is 53.3 Å². The molecule has 1 aliphatic rings. The Morgan fingerprint density at radius 2 is 1.48 bits per heavy atom. The first-order valence-electron chi connectivity index (χ1n) is 8.86. The zero-order valence-corrected chi connectivity index (χ0v) is 15.6. The third kappa shape index (κ3) is 4.20. The number of halogens is 2. The van der Waals surface area contributed by atoms with Crippen molar-refractivity contribution in [2.45, 2.75) is 31.6 Å². The minimum atomic E-state index is -0.324. The maximum Gasteiger partial charge on any atom is 0.275 e. The van der Waals surface area contributed by atoms with Gasteiger partial charge in [-0.15, -0.1) is 0 Å². The molecule has 142 valence electrons. The molecule has 1 aromatic heterocycles. The average molecular weight is 394 g/mol. The second-order valence-electron chi connectivity index (χ2n) is 6.88. The third-order valence-electron chi connectivity index (χ3n) is 5.04. The molecule has 0 unspecified atom stereocenters. The molecular weight excluding hydrogens is 374 g/mol. The predicted octanol–water partition coefficient (Wildman–Crippen LogP) is 4.12. The average Bonchev–Trinajstić information content (AvgIpc) is 3.42. The Kier molecular flexibility index (Phi) is 6.24. The second kappa shape index (κ2) is 8.29. The van der Waals surface area contributed by atoms with Crippen LogP contribution in [0.1, 0.15) is 35.6 Å². The number of nitrogens with zero attached hydrogens (tertiary/aromatic N) is 2. The third-order valence-corrected chi connectivity index (χ3v) is 5.04. The summed E-state index contributed by atoms with van der Waals surface area (Å²) in [4.78, 5) is 13.0. The molecule has 1 fully saturated rings. The van der Waals surface area contributed by atoms with Crippen molar-refractivity contribution in [3.05, 3.63) is 87.3 Å². The van der Waals surface area contributed by atoms with Crippen LogP contribution in [0.25, 0.3) is 5.69 Å². The van der Waals surface area contributed by atoms with E-state index in [1.807, 2.05) is 11.7 Å². The molecule has 0 atom stereocenters. The van der Waals surface area contributed by atoms with Crippen LogP contribution in [-0.2, 0) is 19.9 Å². The Bertz CT molecular complexity index is 987. The summed E-state index contributed by atoms with van der Waals surface area (Å²) < 4.78 is 29.8. The maximum atomic E-state index is 13.2. The number of hydrogen-bond donors (Lipinski definition) is 0. The Hall–Kier alpha value is -1.43. The number of hydrogen-bond acceptors (Lipinski definition) is 1. The van der Waals surface area contributed by atoms with Crippen molar-refractivity contribution in [3.8, 4) is 5.69 Å². The largest absolute Gasteiger partial charge is 0.285 e. The van der Waals surface area contributed by atoms with Crippen LogP contribution in [-0.4, -0.2) is 9.36 Å². The fourth-order valence-electron chi connectivity index (χ4n) is 3.53. The van der Waals surface area contributed by atoms with Gasteiger partial charge in [0.1, 0.15) is 11.6 Å². The van der Waals surface area contributed by atoms with Crippen molar-refractivity contribution in [1.82, 2.24) is 9.36 Å². The van der Waals surface area contributed by atoms with Gasteiger partial charge >= 0.3 is 0 Å². The molecule has 6 heteroatoms. The van der Waals surface area contributed by atoms with E-state index in [-0.39, 0.29) is 54.9 Å². The first-order valence-corrected chi connectivity index (χ1v) is 8.86. The molecule has 0 spiro atoms. The standard InChI is InChI=1S/C21H20F2N2O.Ar/c1-24-19(13-4-14-2-7-16(22)8-3-14)20(15-5-6-15)21(26)25(24)18-11-9-17(23)10-12-18;/h2-3,7-12,15H,4-6,13H2,1H3;. The molecule has 27 heavy (non-hydrogen) atoms. The summed E-state index contributed by atoms with van der Waals surface area (Å²) in [6, 6.07) is 12.4. The van der Waals surface area contributed by atoms with Crippen LogP contribution in [0.4, 0.5) is 8.78 Å². The molecule has 0 aliphatic heterocycles. The summed E-state index contributed by atoms with van der Waals surface area (Å²) in [7, 11) is 1.87. The molecule has 1 aliphatic carbocycles. The van der Waals surface area contributed by atoms with Gasteiger partial charge < -0.3 is 0 Å². The molecule has 3 nitrogen and oxygen atoms in total. The minimum absolute atomic E-state index is 0. The normalized spacial score (nSPS) is 13.4. The van der Waals surface area contributed by atoms with E-state index in [1.54, 1.807) is 28.9 Å². The van der Waals surface area contributed by atoms with Gasteiger partial charge in [-0.25, -0.2) is 13.5 Å². The molecule has 2 aromatic carbocycles. The van der Waals surface area contributed by atoms with Crippen molar-refractivity contribution in [1.29, 1.82) is 0 Å². The van der Waals surface area contributed by atoms with Crippen LogP contribution in [0.2, 0.25) is 0 Å². The van der Waals surface area contributed by atoms with Gasteiger partial charge in [0.2, 0.25) is 0 Å². The van der Waals surface area contributed by atoms with Crippen molar-refractivity contribution < 1.29 is 46.5 Å². The SMILES string of the molecule is Cn1c(CCc2ccc(F)cc2)c(C2CC2)c(=O)n1-c1ccc(F)cc1.[Ar]. The summed E-state index contributed by atoms with van der Waals surface area (Å²) in [6.07, 6.45) is 3.51. The first-order chi connectivity index (χ1) is 12.5. The Morgan fingerprint density at radius 1 is 0.926 bits per heavy atom. The van der Waals surface area contributed by atoms with Crippen molar-refractivity contribution >= 4 is 0 Å². The summed E-state index contributed by atoms with van der Waals surface area (Å²) in [5, 5.41) is 0. The summed E-state index contributed by atoms with van der Waals surface area (Å²) in [6.45, 7) is 0. The smallest absolute Gasteiger partial charge is 0.275 e. The maximum absolute atomic E-state index is 13.2. The van der Waals surface area contributed by atoms with E-state index in [4.69, 9.17) is 0 Å². The van der Waals surface area contributed by atoms with Gasteiger partial charge in [-0.3, -0.25) is 9.48 Å². The molecule has 0 amide bonds. The van der Waals surface area contributed by atoms with Gasteiger partial charge in [-0.2, -0.15) is 0 Å². The van der Waals surface area contributed by atoms with Gasteiger partial charge in [-0.05, 0) is 73.6 Å². The van der Waals surface area contributed by atoms with E-state index >= 15 is 0 Å². The van der Waals surface area contributed by atoms with E-state index < -0.39 is 0 Å². The molecule has 1 saturated carbocycles. The first kappa shape index (κ1) is 20.3. The topological polar surface area (TPSA) is 26.9 Å². The molecule has 0 radical (unpaired) electrons. The van der Waals surface area contributed by atoms with E-state index in [0.29, 0.717) is 18.0 Å². The van der Waals surface area contributed by atoms with Crippen LogP contribution in [0.3, 0.4) is 0 Å². The van der Waals surface area contributed by atoms with Crippen LogP contribution in [0, 0.1) is 49.4 Å². The minimum Gasteiger partial charge on any atom is -0.285 e. The van der Waals surface area contributed by atoms with E-state index in [0.717, 1.165) is 36.1 Å². The van der Waals surface area contributed by atoms with E-state index in [9.17, 15) is 13.6 Å². The zero-order valence-electron chi connectivity index (χ0n) is 14.9. The fraction of sp³-hybridized carbons (Fsp3) is 0.286. The van der Waals surface area contributed by atoms with E-state index in [1.165, 1.54) is 24.3 Å². The number of rotatable bonds is 5. The van der Waals surface area contributed by atoms with Gasteiger partial charge in [0, 0.05) is 56.0 Å². The summed E-state index contributed by atoms with van der Waals surface area (Å²) >= 11 is 0. The summed E-state index contributed by atoms with van der Waals surface area (Å²) in [5.74, 6) is -0.254. The van der Waals surface area contributed by atoms with Gasteiger partial charge in [0.25, 0.3) is 5.56 Å². The van der Waals surface area contributed by atoms with Crippen LogP contribution in [0.5, 0.6) is 0 Å². The molecule has 1 heterocycles. The molecule has 0 bridgehead atoms. The summed E-state index contributed by atoms with van der Waals surface area (Å²) in [5.41, 5.74) is 3.56. The quantitative estimate of drug-likeness (QED) is 0.640. The molecule has 3 aromatic rings. The Labute approximate surface area is 186 Å². The van der Waals surface area contributed by atoms with Crippen LogP contribution < -0.4 is 5.56 Å². The number of aryl methyl sites for hydroxylation is 1. The van der Waals surface area contributed by atoms with Gasteiger partial charge in [0.15, 0.2) is 0 Å². The second-order valence-corrected chi connectivity index (χ2v) is 6.88. The predicted molar refractivity (Wildman–Crippen MR) is 96.8 cm³/mol. The molecule has 0 saturated heterocycles. The van der Waals surface area contributed by atoms with Crippen molar-refractivity contribution in [3.63, 3.8) is 0 Å². The number of aromatic nitrogens is 2. The monoisotopic (exact) mass is 394 g/mol. The Balaban J connectivity index is 0.00000210. The number of benzene rings is 2. The van der Waals surface area contributed by atoms with Crippen LogP contribution >= 0.6 is 0 Å². The molecule has 0 N–H and O–H groups in total. The fourth-order valence-corrected chi connectivity index (χ4v) is 3.53. The van der Waals surface area contributed by atoms with Gasteiger partial charge in [-0.1, -0.05) is 12.1 Å². The zero-order chi connectivity index (χ0) is 18.3. The van der Waals surface area contributed by atoms with E-state index in [2.05, 4.69) is 0 Å². The molecular formula is C21H20ArF2N2O. The molecule has 4 rings (SSSR count). The Morgan fingerprint density at radius 3 is 2.04 bits per heavy atom. The van der Waals surface area contributed by atoms with Crippen molar-refractivity contribution in [2.24, 2.45) is 7.05 Å². The van der Waals surface area contributed by atoms with Crippen molar-refractivity contribution in [2.75, 3.05) is 0 Å². The van der Waals surface area contributed by atoms with Gasteiger partial charge in [0.05, 0.1) is 5.69 Å².